The van der Waals surface area contributed by atoms with E-state index in [4.69, 9.17) is 0 Å². The maximum absolute atomic E-state index is 2.72. The Hall–Kier alpha value is -6.99. The lowest BCUT2D eigenvalue weighted by atomic mass is 9.34. The molecule has 0 aliphatic carbocycles. The van der Waals surface area contributed by atoms with Crippen LogP contribution in [0.15, 0.2) is 180 Å². The molecule has 0 spiro atoms. The average molecular weight is 1020 g/mol. The molecule has 2 aliphatic heterocycles. The summed E-state index contributed by atoms with van der Waals surface area (Å²) in [5, 5.41) is 7.96. The summed E-state index contributed by atoms with van der Waals surface area (Å²) in [5.41, 5.74) is 20.7. The van der Waals surface area contributed by atoms with E-state index < -0.39 is 0 Å². The van der Waals surface area contributed by atoms with Gasteiger partial charge in [0.1, 0.15) is 0 Å². The Morgan fingerprint density at radius 3 is 1.62 bits per heavy atom. The molecule has 14 rings (SSSR count). The van der Waals surface area contributed by atoms with Crippen LogP contribution >= 0.6 is 23.1 Å². The number of thiophene rings is 1. The van der Waals surface area contributed by atoms with Gasteiger partial charge in [0.25, 0.3) is 0 Å². The molecule has 9 aromatic carbocycles. The monoisotopic (exact) mass is 1020 g/mol. The second kappa shape index (κ2) is 17.0. The van der Waals surface area contributed by atoms with Crippen molar-refractivity contribution in [2.24, 2.45) is 0 Å². The van der Waals surface area contributed by atoms with Gasteiger partial charge in [-0.05, 0) is 153 Å². The maximum Gasteiger partial charge on any atom is 0.249 e. The van der Waals surface area contributed by atoms with E-state index in [9.17, 15) is 0 Å². The number of nitrogens with zero attached hydrogens (tertiary/aromatic N) is 3. The summed E-state index contributed by atoms with van der Waals surface area (Å²) in [6.07, 6.45) is 3.25. The summed E-state index contributed by atoms with van der Waals surface area (Å²) >= 11 is 3.90. The molecular formula is C70H64BN3S2. The van der Waals surface area contributed by atoms with Gasteiger partial charge in [-0.25, -0.2) is 0 Å². The van der Waals surface area contributed by atoms with Crippen LogP contribution in [0.1, 0.15) is 104 Å². The summed E-state index contributed by atoms with van der Waals surface area (Å²) in [6, 6.07) is 66.2. The third-order valence-corrected chi connectivity index (χ3v) is 19.1. The number of aryl methyl sites for hydroxylation is 1. The molecule has 0 N–H and O–H groups in total. The number of fused-ring (bicyclic) bond motifs is 13. The molecule has 374 valence electrons. The van der Waals surface area contributed by atoms with E-state index in [2.05, 4.69) is 253 Å². The Morgan fingerprint density at radius 1 is 0.434 bits per heavy atom. The molecule has 0 saturated carbocycles. The normalized spacial score (nSPS) is 13.7. The van der Waals surface area contributed by atoms with Gasteiger partial charge in [0, 0.05) is 79.9 Å². The van der Waals surface area contributed by atoms with Crippen molar-refractivity contribution in [3.05, 3.63) is 192 Å². The summed E-state index contributed by atoms with van der Waals surface area (Å²) in [5.74, 6) is 0. The fourth-order valence-corrected chi connectivity index (χ4v) is 15.2. The number of unbranched alkanes of at least 4 members (excludes halogenated alkanes) is 1. The van der Waals surface area contributed by atoms with E-state index in [0.29, 0.717) is 0 Å². The molecule has 3 nitrogen and oxygen atoms in total. The second-order valence-electron chi connectivity index (χ2n) is 24.8. The van der Waals surface area contributed by atoms with Crippen LogP contribution in [0.5, 0.6) is 0 Å². The van der Waals surface area contributed by atoms with Gasteiger partial charge in [-0.1, -0.05) is 172 Å². The molecule has 0 radical (unpaired) electrons. The average Bonchev–Trinajstić information content (AvgIpc) is 4.07. The van der Waals surface area contributed by atoms with Gasteiger partial charge in [0.05, 0.1) is 22.1 Å². The SMILES string of the molecule is CCCCc1c(N2c3cc(-n4c5ccccc5c5cc(C(C)(C)C)ccc54)ccc3B3c4ccc(-n5c6ccccc6c6cc(C(C)(C)C)ccc65)cc4Sc4cc(C(C)(C)C)cc2c43)ccc2sc3ccccc3c12. The lowest BCUT2D eigenvalue weighted by Crippen LogP contribution is -2.60. The van der Waals surface area contributed by atoms with E-state index in [1.165, 1.54) is 141 Å². The van der Waals surface area contributed by atoms with Crippen LogP contribution < -0.4 is 21.3 Å². The van der Waals surface area contributed by atoms with Crippen molar-refractivity contribution in [1.29, 1.82) is 0 Å². The number of rotatable bonds is 6. The third kappa shape index (κ3) is 7.23. The first-order valence-corrected chi connectivity index (χ1v) is 29.1. The second-order valence-corrected chi connectivity index (χ2v) is 27.0. The largest absolute Gasteiger partial charge is 0.311 e. The summed E-state index contributed by atoms with van der Waals surface area (Å²) < 4.78 is 7.75. The van der Waals surface area contributed by atoms with Crippen LogP contribution in [0.2, 0.25) is 0 Å². The molecule has 6 heteroatoms. The molecule has 0 unspecified atom stereocenters. The fourth-order valence-electron chi connectivity index (χ4n) is 12.8. The van der Waals surface area contributed by atoms with Crippen LogP contribution in [0.4, 0.5) is 17.1 Å². The minimum Gasteiger partial charge on any atom is -0.311 e. The predicted molar refractivity (Wildman–Crippen MR) is 333 cm³/mol. The summed E-state index contributed by atoms with van der Waals surface area (Å²) in [4.78, 5) is 5.39. The minimum atomic E-state index is -0.0974. The maximum atomic E-state index is 2.72. The van der Waals surface area contributed by atoms with Gasteiger partial charge in [-0.3, -0.25) is 0 Å². The highest BCUT2D eigenvalue weighted by molar-refractivity contribution is 8.00. The number of aromatic nitrogens is 2. The third-order valence-electron chi connectivity index (χ3n) is 16.9. The Morgan fingerprint density at radius 2 is 1.00 bits per heavy atom. The quantitative estimate of drug-likeness (QED) is 0.154. The van der Waals surface area contributed by atoms with Gasteiger partial charge in [-0.15, -0.1) is 11.3 Å². The van der Waals surface area contributed by atoms with Gasteiger partial charge in [-0.2, -0.15) is 0 Å². The summed E-state index contributed by atoms with van der Waals surface area (Å²) in [6.45, 7) is 23.4. The molecular weight excluding hydrogens is 958 g/mol. The van der Waals surface area contributed by atoms with Crippen molar-refractivity contribution in [3.8, 4) is 11.4 Å². The molecule has 5 heterocycles. The highest BCUT2D eigenvalue weighted by Gasteiger charge is 2.43. The van der Waals surface area contributed by atoms with Crippen molar-refractivity contribution in [2.45, 2.75) is 115 Å². The molecule has 3 aromatic heterocycles. The fraction of sp³-hybridized carbons (Fsp3) is 0.229. The van der Waals surface area contributed by atoms with E-state index in [-0.39, 0.29) is 23.0 Å². The lowest BCUT2D eigenvalue weighted by molar-refractivity contribution is 0.589. The zero-order chi connectivity index (χ0) is 52.2. The summed E-state index contributed by atoms with van der Waals surface area (Å²) in [7, 11) is 0. The van der Waals surface area contributed by atoms with Crippen molar-refractivity contribution in [1.82, 2.24) is 9.13 Å². The van der Waals surface area contributed by atoms with Gasteiger partial charge in [0.2, 0.25) is 6.71 Å². The predicted octanol–water partition coefficient (Wildman–Crippen LogP) is 18.2. The zero-order valence-corrected chi connectivity index (χ0v) is 47.2. The Labute approximate surface area is 456 Å². The van der Waals surface area contributed by atoms with Crippen molar-refractivity contribution < 1.29 is 0 Å². The number of anilines is 3. The Bertz CT molecular complexity index is 4390. The topological polar surface area (TPSA) is 13.1 Å². The number of para-hydroxylation sites is 2. The number of benzene rings is 9. The van der Waals surface area contributed by atoms with Crippen molar-refractivity contribution in [2.75, 3.05) is 4.90 Å². The minimum absolute atomic E-state index is 0.0226. The van der Waals surface area contributed by atoms with Crippen LogP contribution in [0, 0.1) is 0 Å². The smallest absolute Gasteiger partial charge is 0.249 e. The van der Waals surface area contributed by atoms with Gasteiger partial charge in [0.15, 0.2) is 0 Å². The first kappa shape index (κ1) is 47.5. The van der Waals surface area contributed by atoms with Crippen molar-refractivity contribution in [3.63, 3.8) is 0 Å². The lowest BCUT2D eigenvalue weighted by Gasteiger charge is -2.42. The van der Waals surface area contributed by atoms with Crippen LogP contribution in [-0.2, 0) is 22.7 Å². The standard InChI is InChI=1S/C70H64BN3S2/c1-11-12-19-49-57(34-35-63-66(49)50-22-15-18-25-62(50)75-63)74-60-40-45(72-55-23-16-13-20-47(55)51-36-42(68(2,3)4)26-32-58(51)72)28-30-53(60)71-54-31-29-46(41-64(54)76-65-39-44(70(8,9)10)38-61(74)67(65)71)73-56-24-17-14-21-48(56)52-37-43(69(5,6)7)27-33-59(52)73/h13-18,20-41H,11-12,19H2,1-10H3. The molecule has 0 bridgehead atoms. The molecule has 0 amide bonds. The Balaban J connectivity index is 1.05. The van der Waals surface area contributed by atoms with Crippen molar-refractivity contribution >= 4 is 127 Å². The molecule has 0 atom stereocenters. The number of hydrogen-bond donors (Lipinski definition) is 0. The highest BCUT2D eigenvalue weighted by atomic mass is 32.2. The van der Waals surface area contributed by atoms with Gasteiger partial charge < -0.3 is 14.0 Å². The van der Waals surface area contributed by atoms with E-state index in [1.807, 2.05) is 23.1 Å². The number of hydrogen-bond acceptors (Lipinski definition) is 3. The van der Waals surface area contributed by atoms with Crippen LogP contribution in [0.25, 0.3) is 75.2 Å². The van der Waals surface area contributed by atoms with E-state index in [1.54, 1.807) is 0 Å². The molecule has 0 saturated heterocycles. The molecule has 2 aliphatic rings. The first-order valence-electron chi connectivity index (χ1n) is 27.5. The van der Waals surface area contributed by atoms with Crippen LogP contribution in [0.3, 0.4) is 0 Å². The van der Waals surface area contributed by atoms with Gasteiger partial charge >= 0.3 is 0 Å². The van der Waals surface area contributed by atoms with E-state index in [0.717, 1.165) is 19.3 Å². The molecule has 76 heavy (non-hydrogen) atoms. The van der Waals surface area contributed by atoms with Crippen LogP contribution in [-0.4, -0.2) is 15.8 Å². The molecule has 0 fully saturated rings. The van der Waals surface area contributed by atoms with E-state index >= 15 is 0 Å². The first-order chi connectivity index (χ1) is 36.5. The zero-order valence-electron chi connectivity index (χ0n) is 45.5. The Kier molecular flexibility index (Phi) is 10.6. The molecule has 12 aromatic rings. The highest BCUT2D eigenvalue weighted by Crippen LogP contribution is 2.49.